The summed E-state index contributed by atoms with van der Waals surface area (Å²) in [7, 11) is 0. The van der Waals surface area contributed by atoms with Gasteiger partial charge in [-0.05, 0) is 38.1 Å². The lowest BCUT2D eigenvalue weighted by Gasteiger charge is -2.28. The number of amides is 2. The van der Waals surface area contributed by atoms with E-state index in [2.05, 4.69) is 25.5 Å². The number of H-pyrrole nitrogens is 1. The molecule has 0 spiro atoms. The largest absolute Gasteiger partial charge is 0.330 e. The predicted octanol–water partition coefficient (Wildman–Crippen LogP) is 3.66. The average Bonchev–Trinajstić information content (AvgIpc) is 3.11. The van der Waals surface area contributed by atoms with Crippen LogP contribution in [0.15, 0.2) is 36.5 Å². The molecule has 0 aromatic carbocycles. The zero-order valence-corrected chi connectivity index (χ0v) is 16.5. The van der Waals surface area contributed by atoms with Gasteiger partial charge in [-0.1, -0.05) is 17.7 Å². The Morgan fingerprint density at radius 1 is 1.36 bits per heavy atom. The van der Waals surface area contributed by atoms with E-state index in [4.69, 9.17) is 11.6 Å². The molecule has 0 aliphatic carbocycles. The monoisotopic (exact) mass is 396 g/mol. The first kappa shape index (κ1) is 18.4. The van der Waals surface area contributed by atoms with Crippen molar-refractivity contribution in [3.63, 3.8) is 0 Å². The number of aromatic amines is 1. The fourth-order valence-electron chi connectivity index (χ4n) is 3.42. The number of aryl methyl sites for hydroxylation is 1. The van der Waals surface area contributed by atoms with E-state index in [1.54, 1.807) is 17.2 Å². The SMILES string of the molecule is Cc1cc(-c2n[nH]c3c2CN(C(=O)NC(C)c2cccc(Cl)n2)CC3)ccn1. The number of rotatable bonds is 3. The normalized spacial score (nSPS) is 14.5. The van der Waals surface area contributed by atoms with Crippen LogP contribution in [0.25, 0.3) is 11.3 Å². The molecule has 7 nitrogen and oxygen atoms in total. The third-order valence-corrected chi connectivity index (χ3v) is 5.12. The van der Waals surface area contributed by atoms with Crippen LogP contribution in [0.2, 0.25) is 5.15 Å². The second kappa shape index (κ2) is 7.59. The minimum Gasteiger partial charge on any atom is -0.330 e. The highest BCUT2D eigenvalue weighted by Gasteiger charge is 2.26. The van der Waals surface area contributed by atoms with Crippen LogP contribution in [-0.2, 0) is 13.0 Å². The van der Waals surface area contributed by atoms with E-state index in [-0.39, 0.29) is 12.1 Å². The number of fused-ring (bicyclic) bond motifs is 1. The highest BCUT2D eigenvalue weighted by molar-refractivity contribution is 6.29. The molecule has 2 N–H and O–H groups in total. The van der Waals surface area contributed by atoms with E-state index >= 15 is 0 Å². The maximum Gasteiger partial charge on any atom is 0.318 e. The standard InChI is InChI=1S/C20H21ClN6O/c1-12-10-14(6-8-22-12)19-15-11-27(9-7-17(15)25-26-19)20(28)23-13(2)16-4-3-5-18(21)24-16/h3-6,8,10,13H,7,9,11H2,1-2H3,(H,23,28)(H,25,26). The van der Waals surface area contributed by atoms with Crippen LogP contribution in [0.3, 0.4) is 0 Å². The quantitative estimate of drug-likeness (QED) is 0.661. The Bertz CT molecular complexity index is 1020. The summed E-state index contributed by atoms with van der Waals surface area (Å²) in [6.07, 6.45) is 2.52. The lowest BCUT2D eigenvalue weighted by Crippen LogP contribution is -2.43. The summed E-state index contributed by atoms with van der Waals surface area (Å²) in [5.41, 5.74) is 5.68. The van der Waals surface area contributed by atoms with Gasteiger partial charge in [0.15, 0.2) is 0 Å². The van der Waals surface area contributed by atoms with Gasteiger partial charge in [0, 0.05) is 41.7 Å². The fourth-order valence-corrected chi connectivity index (χ4v) is 3.59. The molecule has 144 valence electrons. The van der Waals surface area contributed by atoms with Gasteiger partial charge in [0.25, 0.3) is 0 Å². The maximum atomic E-state index is 12.8. The molecule has 3 aromatic rings. The Labute approximate surface area is 168 Å². The number of carbonyl (C=O) groups is 1. The van der Waals surface area contributed by atoms with Gasteiger partial charge in [-0.2, -0.15) is 5.10 Å². The van der Waals surface area contributed by atoms with Gasteiger partial charge in [0.1, 0.15) is 5.15 Å². The maximum absolute atomic E-state index is 12.8. The molecule has 0 fully saturated rings. The molecule has 0 saturated heterocycles. The van der Waals surface area contributed by atoms with Gasteiger partial charge >= 0.3 is 6.03 Å². The number of pyridine rings is 2. The first-order valence-corrected chi connectivity index (χ1v) is 9.56. The van der Waals surface area contributed by atoms with E-state index in [9.17, 15) is 4.79 Å². The predicted molar refractivity (Wildman–Crippen MR) is 107 cm³/mol. The fraction of sp³-hybridized carbons (Fsp3) is 0.300. The zero-order chi connectivity index (χ0) is 19.7. The first-order valence-electron chi connectivity index (χ1n) is 9.18. The molecule has 2 amide bonds. The number of aromatic nitrogens is 4. The topological polar surface area (TPSA) is 86.8 Å². The minimum absolute atomic E-state index is 0.127. The van der Waals surface area contributed by atoms with Crippen LogP contribution in [0.5, 0.6) is 0 Å². The highest BCUT2D eigenvalue weighted by atomic mass is 35.5. The minimum atomic E-state index is -0.237. The molecular formula is C20H21ClN6O. The molecule has 0 bridgehead atoms. The first-order chi connectivity index (χ1) is 13.5. The summed E-state index contributed by atoms with van der Waals surface area (Å²) < 4.78 is 0. The molecule has 0 radical (unpaired) electrons. The molecular weight excluding hydrogens is 376 g/mol. The molecule has 0 saturated carbocycles. The van der Waals surface area contributed by atoms with E-state index < -0.39 is 0 Å². The number of halogens is 1. The van der Waals surface area contributed by atoms with E-state index in [1.807, 2.05) is 38.1 Å². The molecule has 1 atom stereocenters. The number of hydrogen-bond acceptors (Lipinski definition) is 4. The van der Waals surface area contributed by atoms with Gasteiger partial charge in [-0.3, -0.25) is 10.1 Å². The van der Waals surface area contributed by atoms with Crippen LogP contribution in [0.4, 0.5) is 4.79 Å². The van der Waals surface area contributed by atoms with Gasteiger partial charge in [-0.15, -0.1) is 0 Å². The number of urea groups is 1. The van der Waals surface area contributed by atoms with Crippen LogP contribution >= 0.6 is 11.6 Å². The third kappa shape index (κ3) is 3.71. The molecule has 1 unspecified atom stereocenters. The molecule has 4 heterocycles. The molecule has 1 aliphatic rings. The molecule has 8 heteroatoms. The Kier molecular flexibility index (Phi) is 5.00. The van der Waals surface area contributed by atoms with Crippen LogP contribution in [0.1, 0.15) is 35.6 Å². The van der Waals surface area contributed by atoms with Gasteiger partial charge < -0.3 is 10.2 Å². The van der Waals surface area contributed by atoms with Gasteiger partial charge in [0.2, 0.25) is 0 Å². The van der Waals surface area contributed by atoms with Crippen molar-refractivity contribution in [1.82, 2.24) is 30.4 Å². The Morgan fingerprint density at radius 2 is 2.21 bits per heavy atom. The second-order valence-corrected chi connectivity index (χ2v) is 7.33. The Morgan fingerprint density at radius 3 is 3.00 bits per heavy atom. The zero-order valence-electron chi connectivity index (χ0n) is 15.7. The summed E-state index contributed by atoms with van der Waals surface area (Å²) in [6.45, 7) is 4.98. The van der Waals surface area contributed by atoms with Crippen molar-refractivity contribution < 1.29 is 4.79 Å². The Balaban J connectivity index is 1.50. The van der Waals surface area contributed by atoms with Crippen molar-refractivity contribution in [2.75, 3.05) is 6.54 Å². The van der Waals surface area contributed by atoms with Gasteiger partial charge in [-0.25, -0.2) is 9.78 Å². The summed E-state index contributed by atoms with van der Waals surface area (Å²) >= 11 is 5.96. The molecule has 1 aliphatic heterocycles. The van der Waals surface area contributed by atoms with Crippen LogP contribution < -0.4 is 5.32 Å². The average molecular weight is 397 g/mol. The number of nitrogens with zero attached hydrogens (tertiary/aromatic N) is 4. The van der Waals surface area contributed by atoms with Crippen molar-refractivity contribution >= 4 is 17.6 Å². The second-order valence-electron chi connectivity index (χ2n) is 6.94. The van der Waals surface area contributed by atoms with Crippen molar-refractivity contribution in [3.8, 4) is 11.3 Å². The summed E-state index contributed by atoms with van der Waals surface area (Å²) in [4.78, 5) is 23.1. The van der Waals surface area contributed by atoms with E-state index in [1.165, 1.54) is 0 Å². The van der Waals surface area contributed by atoms with Crippen LogP contribution in [-0.4, -0.2) is 37.6 Å². The van der Waals surface area contributed by atoms with Crippen LogP contribution in [0, 0.1) is 6.92 Å². The highest BCUT2D eigenvalue weighted by Crippen LogP contribution is 2.28. The molecule has 4 rings (SSSR count). The molecule has 3 aromatic heterocycles. The lowest BCUT2D eigenvalue weighted by molar-refractivity contribution is 0.189. The van der Waals surface area contributed by atoms with Gasteiger partial charge in [0.05, 0.1) is 24.0 Å². The third-order valence-electron chi connectivity index (χ3n) is 4.91. The summed E-state index contributed by atoms with van der Waals surface area (Å²) in [5.74, 6) is 0. The van der Waals surface area contributed by atoms with E-state index in [0.29, 0.717) is 18.2 Å². The number of nitrogens with one attached hydrogen (secondary N) is 2. The van der Waals surface area contributed by atoms with Crippen molar-refractivity contribution in [1.29, 1.82) is 0 Å². The molecule has 28 heavy (non-hydrogen) atoms. The smallest absolute Gasteiger partial charge is 0.318 e. The summed E-state index contributed by atoms with van der Waals surface area (Å²) in [6, 6.07) is 8.97. The lowest BCUT2D eigenvalue weighted by atomic mass is 10.0. The van der Waals surface area contributed by atoms with Crippen molar-refractivity contribution in [2.24, 2.45) is 0 Å². The van der Waals surface area contributed by atoms with Crippen molar-refractivity contribution in [3.05, 3.63) is 64.3 Å². The number of hydrogen-bond donors (Lipinski definition) is 2. The number of carbonyl (C=O) groups excluding carboxylic acids is 1. The van der Waals surface area contributed by atoms with Crippen molar-refractivity contribution in [2.45, 2.75) is 32.9 Å². The Hall–Kier alpha value is -2.93. The summed E-state index contributed by atoms with van der Waals surface area (Å²) in [5, 5.41) is 11.0. The van der Waals surface area contributed by atoms with E-state index in [0.717, 1.165) is 40.3 Å².